The summed E-state index contributed by atoms with van der Waals surface area (Å²) in [6.45, 7) is 0. The monoisotopic (exact) mass is 397 g/mol. The molecular formula is C20H13F2N3O2S. The van der Waals surface area contributed by atoms with Crippen LogP contribution in [0.2, 0.25) is 0 Å². The van der Waals surface area contributed by atoms with Crippen LogP contribution in [0.4, 0.5) is 14.5 Å². The predicted octanol–water partition coefficient (Wildman–Crippen LogP) is 4.92. The number of aromatic nitrogens is 2. The van der Waals surface area contributed by atoms with Crippen LogP contribution in [0.3, 0.4) is 0 Å². The van der Waals surface area contributed by atoms with Crippen LogP contribution in [0.1, 0.15) is 5.56 Å². The molecular weight excluding hydrogens is 384 g/mol. The van der Waals surface area contributed by atoms with E-state index in [9.17, 15) is 13.6 Å². The van der Waals surface area contributed by atoms with Crippen molar-refractivity contribution in [1.82, 2.24) is 10.1 Å². The minimum atomic E-state index is -0.398. The fourth-order valence-electron chi connectivity index (χ4n) is 2.66. The standard InChI is InChI=1S/C20H13F2N3O2S/c21-14-5-1-3-12(9-14)10-17(26)23-16-7-8-28-18(16)20-24-19(25-27-20)13-4-2-6-15(22)11-13/h1-9,11H,10H2,(H,23,26). The lowest BCUT2D eigenvalue weighted by Crippen LogP contribution is -2.14. The summed E-state index contributed by atoms with van der Waals surface area (Å²) in [4.78, 5) is 17.2. The molecule has 0 fully saturated rings. The first kappa shape index (κ1) is 18.0. The molecule has 4 rings (SSSR count). The van der Waals surface area contributed by atoms with Gasteiger partial charge in [-0.05, 0) is 41.3 Å². The van der Waals surface area contributed by atoms with Crippen molar-refractivity contribution in [2.45, 2.75) is 6.42 Å². The summed E-state index contributed by atoms with van der Waals surface area (Å²) in [5.41, 5.74) is 1.57. The molecule has 0 aliphatic rings. The zero-order valence-corrected chi connectivity index (χ0v) is 15.2. The Morgan fingerprint density at radius 2 is 1.86 bits per heavy atom. The summed E-state index contributed by atoms with van der Waals surface area (Å²) in [7, 11) is 0. The molecule has 28 heavy (non-hydrogen) atoms. The van der Waals surface area contributed by atoms with Crippen LogP contribution in [-0.2, 0) is 11.2 Å². The third kappa shape index (κ3) is 3.96. The first-order valence-corrected chi connectivity index (χ1v) is 9.18. The Balaban J connectivity index is 1.52. The number of nitrogens with one attached hydrogen (secondary N) is 1. The van der Waals surface area contributed by atoms with Gasteiger partial charge in [-0.25, -0.2) is 8.78 Å². The average Bonchev–Trinajstić information content (AvgIpc) is 3.31. The molecule has 2 heterocycles. The Bertz CT molecular complexity index is 1140. The molecule has 2 aromatic carbocycles. The molecule has 0 saturated carbocycles. The van der Waals surface area contributed by atoms with Crippen LogP contribution >= 0.6 is 11.3 Å². The molecule has 0 atom stereocenters. The molecule has 1 amide bonds. The van der Waals surface area contributed by atoms with E-state index in [-0.39, 0.29) is 24.0 Å². The highest BCUT2D eigenvalue weighted by molar-refractivity contribution is 7.14. The van der Waals surface area contributed by atoms with E-state index in [0.29, 0.717) is 21.7 Å². The summed E-state index contributed by atoms with van der Waals surface area (Å²) in [6.07, 6.45) is 0.0332. The number of amides is 1. The Labute approximate surface area is 162 Å². The number of anilines is 1. The van der Waals surface area contributed by atoms with Crippen LogP contribution < -0.4 is 5.32 Å². The number of thiophene rings is 1. The maximum atomic E-state index is 13.4. The third-order valence-electron chi connectivity index (χ3n) is 3.90. The van der Waals surface area contributed by atoms with Crippen LogP contribution in [-0.4, -0.2) is 16.0 Å². The van der Waals surface area contributed by atoms with Crippen molar-refractivity contribution in [1.29, 1.82) is 0 Å². The molecule has 1 N–H and O–H groups in total. The Morgan fingerprint density at radius 3 is 2.64 bits per heavy atom. The first-order chi connectivity index (χ1) is 13.6. The van der Waals surface area contributed by atoms with E-state index in [0.717, 1.165) is 0 Å². The highest BCUT2D eigenvalue weighted by atomic mass is 32.1. The second-order valence-corrected chi connectivity index (χ2v) is 6.87. The smallest absolute Gasteiger partial charge is 0.270 e. The summed E-state index contributed by atoms with van der Waals surface area (Å²) < 4.78 is 31.9. The summed E-state index contributed by atoms with van der Waals surface area (Å²) in [5, 5.41) is 8.43. The zero-order valence-electron chi connectivity index (χ0n) is 14.4. The highest BCUT2D eigenvalue weighted by Crippen LogP contribution is 2.33. The largest absolute Gasteiger partial charge is 0.333 e. The number of halogens is 2. The molecule has 8 heteroatoms. The summed E-state index contributed by atoms with van der Waals surface area (Å²) in [5.74, 6) is -0.618. The number of hydrogen-bond acceptors (Lipinski definition) is 5. The summed E-state index contributed by atoms with van der Waals surface area (Å²) >= 11 is 1.32. The normalized spacial score (nSPS) is 10.8. The molecule has 0 aliphatic carbocycles. The zero-order chi connectivity index (χ0) is 19.5. The SMILES string of the molecule is O=C(Cc1cccc(F)c1)Nc1ccsc1-c1nc(-c2cccc(F)c2)no1. The molecule has 0 saturated heterocycles. The van der Waals surface area contributed by atoms with Gasteiger partial charge in [0.05, 0.1) is 12.1 Å². The van der Waals surface area contributed by atoms with Gasteiger partial charge in [0, 0.05) is 5.56 Å². The van der Waals surface area contributed by atoms with Gasteiger partial charge in [-0.3, -0.25) is 4.79 Å². The molecule has 0 bridgehead atoms. The molecule has 0 unspecified atom stereocenters. The minimum absolute atomic E-state index is 0.0332. The molecule has 0 aliphatic heterocycles. The van der Waals surface area contributed by atoms with Crippen molar-refractivity contribution < 1.29 is 18.1 Å². The van der Waals surface area contributed by atoms with Crippen molar-refractivity contribution >= 4 is 22.9 Å². The van der Waals surface area contributed by atoms with Crippen molar-refractivity contribution in [2.24, 2.45) is 0 Å². The van der Waals surface area contributed by atoms with Crippen LogP contribution in [0.15, 0.2) is 64.5 Å². The van der Waals surface area contributed by atoms with Gasteiger partial charge < -0.3 is 9.84 Å². The fourth-order valence-corrected chi connectivity index (χ4v) is 3.43. The van der Waals surface area contributed by atoms with E-state index in [1.807, 2.05) is 0 Å². The molecule has 0 radical (unpaired) electrons. The van der Waals surface area contributed by atoms with E-state index in [1.54, 1.807) is 35.7 Å². The quantitative estimate of drug-likeness (QED) is 0.519. The Hall–Kier alpha value is -3.39. The van der Waals surface area contributed by atoms with Crippen molar-refractivity contribution in [3.05, 3.63) is 77.2 Å². The number of nitrogens with zero attached hydrogens (tertiary/aromatic N) is 2. The average molecular weight is 397 g/mol. The van der Waals surface area contributed by atoms with Crippen LogP contribution in [0, 0.1) is 11.6 Å². The molecule has 0 spiro atoms. The Kier molecular flexibility index (Phi) is 4.94. The maximum absolute atomic E-state index is 13.4. The number of carbonyl (C=O) groups excluding carboxylic acids is 1. The lowest BCUT2D eigenvalue weighted by molar-refractivity contribution is -0.115. The topological polar surface area (TPSA) is 68.0 Å². The number of benzene rings is 2. The van der Waals surface area contributed by atoms with Crippen molar-refractivity contribution in [3.8, 4) is 22.2 Å². The fraction of sp³-hybridized carbons (Fsp3) is 0.0500. The first-order valence-electron chi connectivity index (χ1n) is 8.30. The number of rotatable bonds is 5. The van der Waals surface area contributed by atoms with E-state index in [4.69, 9.17) is 4.52 Å². The molecule has 140 valence electrons. The van der Waals surface area contributed by atoms with Gasteiger partial charge in [0.1, 0.15) is 16.5 Å². The number of carbonyl (C=O) groups is 1. The van der Waals surface area contributed by atoms with E-state index >= 15 is 0 Å². The third-order valence-corrected chi connectivity index (χ3v) is 4.80. The minimum Gasteiger partial charge on any atom is -0.333 e. The van der Waals surface area contributed by atoms with Crippen molar-refractivity contribution in [2.75, 3.05) is 5.32 Å². The van der Waals surface area contributed by atoms with Crippen molar-refractivity contribution in [3.63, 3.8) is 0 Å². The van der Waals surface area contributed by atoms with E-state index in [1.165, 1.54) is 35.6 Å². The molecule has 2 aromatic heterocycles. The second kappa shape index (κ2) is 7.69. The van der Waals surface area contributed by atoms with E-state index in [2.05, 4.69) is 15.5 Å². The van der Waals surface area contributed by atoms with E-state index < -0.39 is 11.6 Å². The second-order valence-electron chi connectivity index (χ2n) is 5.95. The lowest BCUT2D eigenvalue weighted by atomic mass is 10.1. The number of hydrogen-bond donors (Lipinski definition) is 1. The van der Waals surface area contributed by atoms with Crippen LogP contribution in [0.25, 0.3) is 22.2 Å². The van der Waals surface area contributed by atoms with Gasteiger partial charge in [0.15, 0.2) is 0 Å². The van der Waals surface area contributed by atoms with Gasteiger partial charge >= 0.3 is 0 Å². The highest BCUT2D eigenvalue weighted by Gasteiger charge is 2.17. The Morgan fingerprint density at radius 1 is 1.07 bits per heavy atom. The van der Waals surface area contributed by atoms with Gasteiger partial charge in [0.25, 0.3) is 5.89 Å². The predicted molar refractivity (Wildman–Crippen MR) is 102 cm³/mol. The van der Waals surface area contributed by atoms with Gasteiger partial charge in [0.2, 0.25) is 11.7 Å². The lowest BCUT2D eigenvalue weighted by Gasteiger charge is -2.05. The van der Waals surface area contributed by atoms with Gasteiger partial charge in [-0.1, -0.05) is 29.4 Å². The van der Waals surface area contributed by atoms with Gasteiger partial charge in [-0.15, -0.1) is 11.3 Å². The molecule has 4 aromatic rings. The van der Waals surface area contributed by atoms with Gasteiger partial charge in [-0.2, -0.15) is 4.98 Å². The maximum Gasteiger partial charge on any atom is 0.270 e. The summed E-state index contributed by atoms with van der Waals surface area (Å²) in [6, 6.07) is 13.5. The van der Waals surface area contributed by atoms with Crippen LogP contribution in [0.5, 0.6) is 0 Å². The molecule has 5 nitrogen and oxygen atoms in total.